The second kappa shape index (κ2) is 7.81. The summed E-state index contributed by atoms with van der Waals surface area (Å²) < 4.78 is 50.3. The van der Waals surface area contributed by atoms with E-state index in [-0.39, 0.29) is 12.1 Å². The fraction of sp³-hybridized carbons (Fsp3) is 0.650. The molecule has 7 nitrogen and oxygen atoms in total. The summed E-state index contributed by atoms with van der Waals surface area (Å²) in [6, 6.07) is 1.54. The first-order chi connectivity index (χ1) is 14.5. The van der Waals surface area contributed by atoms with Gasteiger partial charge in [-0.2, -0.15) is 13.2 Å². The van der Waals surface area contributed by atoms with E-state index in [9.17, 15) is 13.2 Å². The van der Waals surface area contributed by atoms with E-state index < -0.39 is 11.9 Å². The van der Waals surface area contributed by atoms with E-state index in [4.69, 9.17) is 9.26 Å². The number of nitrogens with zero attached hydrogens (tertiary/aromatic N) is 5. The highest BCUT2D eigenvalue weighted by molar-refractivity contribution is 5.44. The first-order valence-electron chi connectivity index (χ1n) is 10.4. The molecule has 2 aromatic rings. The van der Waals surface area contributed by atoms with Gasteiger partial charge in [-0.15, -0.1) is 0 Å². The Balaban J connectivity index is 1.25. The highest BCUT2D eigenvalue weighted by atomic mass is 19.4. The van der Waals surface area contributed by atoms with Crippen molar-refractivity contribution in [1.82, 2.24) is 20.0 Å². The van der Waals surface area contributed by atoms with E-state index in [1.165, 1.54) is 0 Å². The molecule has 0 amide bonds. The van der Waals surface area contributed by atoms with Gasteiger partial charge in [-0.25, -0.2) is 9.97 Å². The Labute approximate surface area is 172 Å². The number of ether oxygens (including phenoxy) is 1. The number of alkyl halides is 3. The van der Waals surface area contributed by atoms with E-state index in [2.05, 4.69) is 24.9 Å². The van der Waals surface area contributed by atoms with Crippen molar-refractivity contribution in [3.05, 3.63) is 35.1 Å². The lowest BCUT2D eigenvalue weighted by Gasteiger charge is -2.39. The molecular weight excluding hydrogens is 399 g/mol. The number of hydrogen-bond donors (Lipinski definition) is 0. The van der Waals surface area contributed by atoms with Crippen molar-refractivity contribution in [1.29, 1.82) is 0 Å². The van der Waals surface area contributed by atoms with E-state index in [1.54, 1.807) is 0 Å². The van der Waals surface area contributed by atoms with Crippen LogP contribution in [-0.2, 0) is 30.5 Å². The largest absolute Gasteiger partial charge is 0.433 e. The van der Waals surface area contributed by atoms with Crippen LogP contribution in [0, 0.1) is 0 Å². The first-order valence-corrected chi connectivity index (χ1v) is 10.4. The molecule has 30 heavy (non-hydrogen) atoms. The Morgan fingerprint density at radius 1 is 1.10 bits per heavy atom. The van der Waals surface area contributed by atoms with E-state index in [0.717, 1.165) is 74.6 Å². The molecule has 10 heteroatoms. The van der Waals surface area contributed by atoms with Gasteiger partial charge in [-0.05, 0) is 25.7 Å². The molecule has 0 bridgehead atoms. The first kappa shape index (κ1) is 19.7. The number of anilines is 1. The lowest BCUT2D eigenvalue weighted by atomic mass is 10.0. The van der Waals surface area contributed by atoms with E-state index in [0.29, 0.717) is 25.6 Å². The topological polar surface area (TPSA) is 67.5 Å². The monoisotopic (exact) mass is 423 g/mol. The molecule has 2 aromatic heterocycles. The van der Waals surface area contributed by atoms with Gasteiger partial charge in [-0.3, -0.25) is 4.90 Å². The number of halogens is 3. The van der Waals surface area contributed by atoms with Gasteiger partial charge in [0.2, 0.25) is 0 Å². The average molecular weight is 423 g/mol. The van der Waals surface area contributed by atoms with Crippen LogP contribution in [0.1, 0.15) is 48.4 Å². The maximum absolute atomic E-state index is 13.1. The predicted octanol–water partition coefficient (Wildman–Crippen LogP) is 3.19. The van der Waals surface area contributed by atoms with Gasteiger partial charge in [0.25, 0.3) is 0 Å². The molecule has 0 spiro atoms. The Morgan fingerprint density at radius 2 is 1.87 bits per heavy atom. The summed E-state index contributed by atoms with van der Waals surface area (Å²) in [5.74, 6) is 1.32. The minimum atomic E-state index is -4.46. The predicted molar refractivity (Wildman–Crippen MR) is 101 cm³/mol. The van der Waals surface area contributed by atoms with Crippen molar-refractivity contribution in [3.63, 3.8) is 0 Å². The summed E-state index contributed by atoms with van der Waals surface area (Å²) in [5.41, 5.74) is 1.13. The normalized spacial score (nSPS) is 20.9. The molecule has 3 aliphatic rings. The molecule has 1 saturated carbocycles. The smallest absolute Gasteiger partial charge is 0.376 e. The molecule has 0 unspecified atom stereocenters. The summed E-state index contributed by atoms with van der Waals surface area (Å²) in [5, 5.41) is 4.23. The lowest BCUT2D eigenvalue weighted by Crippen LogP contribution is -2.46. The minimum absolute atomic E-state index is 0.180. The van der Waals surface area contributed by atoms with Crippen molar-refractivity contribution < 1.29 is 22.4 Å². The maximum atomic E-state index is 13.1. The van der Waals surface area contributed by atoms with Crippen molar-refractivity contribution in [2.45, 2.75) is 63.5 Å². The zero-order valence-electron chi connectivity index (χ0n) is 16.6. The molecule has 2 fully saturated rings. The molecule has 1 aliphatic carbocycles. The van der Waals surface area contributed by atoms with Gasteiger partial charge >= 0.3 is 6.18 Å². The number of fused-ring (bicyclic) bond motifs is 1. The van der Waals surface area contributed by atoms with Crippen molar-refractivity contribution in [3.8, 4) is 0 Å². The quantitative estimate of drug-likeness (QED) is 0.732. The van der Waals surface area contributed by atoms with Crippen LogP contribution in [-0.4, -0.2) is 51.8 Å². The van der Waals surface area contributed by atoms with E-state index in [1.807, 2.05) is 0 Å². The van der Waals surface area contributed by atoms with Crippen LogP contribution < -0.4 is 4.90 Å². The summed E-state index contributed by atoms with van der Waals surface area (Å²) in [6.07, 6.45) is 1.07. The summed E-state index contributed by atoms with van der Waals surface area (Å²) >= 11 is 0. The average Bonchev–Trinajstić information content (AvgIpc) is 3.50. The van der Waals surface area contributed by atoms with Gasteiger partial charge < -0.3 is 14.2 Å². The molecule has 5 rings (SSSR count). The standard InChI is InChI=1S/C20H24F3N5O2/c21-20(22,23)18-9-19(25-12-24-18)28(13-1-2-13)14-3-6-27(7-4-14)10-16-15-11-29-8-5-17(15)30-26-16/h9,12-14H,1-8,10-11H2. The minimum Gasteiger partial charge on any atom is -0.376 e. The molecule has 2 aliphatic heterocycles. The number of rotatable bonds is 5. The Kier molecular flexibility index (Phi) is 5.14. The zero-order chi connectivity index (χ0) is 20.7. The van der Waals surface area contributed by atoms with Crippen LogP contribution in [0.15, 0.2) is 16.9 Å². The summed E-state index contributed by atoms with van der Waals surface area (Å²) in [4.78, 5) is 12.0. The zero-order valence-corrected chi connectivity index (χ0v) is 16.6. The Bertz CT molecular complexity index is 891. The van der Waals surface area contributed by atoms with Crippen LogP contribution >= 0.6 is 0 Å². The van der Waals surface area contributed by atoms with Crippen LogP contribution in [0.4, 0.5) is 19.0 Å². The third kappa shape index (κ3) is 4.02. The summed E-state index contributed by atoms with van der Waals surface area (Å²) in [7, 11) is 0. The Morgan fingerprint density at radius 3 is 2.60 bits per heavy atom. The van der Waals surface area contributed by atoms with Gasteiger partial charge in [0.1, 0.15) is 29.3 Å². The highest BCUT2D eigenvalue weighted by Gasteiger charge is 2.39. The second-order valence-corrected chi connectivity index (χ2v) is 8.24. The lowest BCUT2D eigenvalue weighted by molar-refractivity contribution is -0.141. The van der Waals surface area contributed by atoms with Crippen LogP contribution in [0.2, 0.25) is 0 Å². The molecule has 0 radical (unpaired) electrons. The Hall–Kier alpha value is -2.20. The van der Waals surface area contributed by atoms with E-state index >= 15 is 0 Å². The third-order valence-corrected chi connectivity index (χ3v) is 6.14. The highest BCUT2D eigenvalue weighted by Crippen LogP contribution is 2.37. The van der Waals surface area contributed by atoms with Gasteiger partial charge in [0.05, 0.1) is 13.2 Å². The number of piperidine rings is 1. The molecule has 4 heterocycles. The number of likely N-dealkylation sites (tertiary alicyclic amines) is 1. The number of aromatic nitrogens is 3. The fourth-order valence-corrected chi connectivity index (χ4v) is 4.44. The maximum Gasteiger partial charge on any atom is 0.433 e. The SMILES string of the molecule is FC(F)(F)c1cc(N(C2CC2)C2CCN(Cc3noc4c3COCC4)CC2)ncn1. The molecule has 0 N–H and O–H groups in total. The van der Waals surface area contributed by atoms with Crippen molar-refractivity contribution in [2.24, 2.45) is 0 Å². The van der Waals surface area contributed by atoms with Gasteiger partial charge in [0, 0.05) is 49.8 Å². The van der Waals surface area contributed by atoms with Crippen LogP contribution in [0.5, 0.6) is 0 Å². The third-order valence-electron chi connectivity index (χ3n) is 6.14. The summed E-state index contributed by atoms with van der Waals surface area (Å²) in [6.45, 7) is 3.64. The molecule has 1 saturated heterocycles. The molecule has 0 atom stereocenters. The fourth-order valence-electron chi connectivity index (χ4n) is 4.44. The van der Waals surface area contributed by atoms with Crippen molar-refractivity contribution in [2.75, 3.05) is 24.6 Å². The number of hydrogen-bond acceptors (Lipinski definition) is 7. The van der Waals surface area contributed by atoms with Crippen molar-refractivity contribution >= 4 is 5.82 Å². The van der Waals surface area contributed by atoms with Gasteiger partial charge in [0.15, 0.2) is 0 Å². The van der Waals surface area contributed by atoms with Crippen LogP contribution in [0.25, 0.3) is 0 Å². The molecule has 0 aromatic carbocycles. The second-order valence-electron chi connectivity index (χ2n) is 8.24. The molecule has 162 valence electrons. The molecular formula is C20H24F3N5O2. The van der Waals surface area contributed by atoms with Gasteiger partial charge in [-0.1, -0.05) is 5.16 Å². The van der Waals surface area contributed by atoms with Crippen LogP contribution in [0.3, 0.4) is 0 Å².